The third kappa shape index (κ3) is 2.33. The fraction of sp³-hybridized carbons (Fsp3) is 1.00. The van der Waals surface area contributed by atoms with E-state index in [1.54, 1.807) is 0 Å². The molecule has 0 heterocycles. The first kappa shape index (κ1) is 7.03. The van der Waals surface area contributed by atoms with Gasteiger partial charge in [-0.2, -0.15) is 0 Å². The Balaban J connectivity index is 2.29. The van der Waals surface area contributed by atoms with E-state index in [0.717, 1.165) is 25.7 Å². The summed E-state index contributed by atoms with van der Waals surface area (Å²) in [6.45, 7) is 0. The number of aliphatic hydroxyl groups excluding tert-OH is 1. The number of aliphatic hydroxyl groups is 1. The van der Waals surface area contributed by atoms with Crippen LogP contribution in [0.5, 0.6) is 0 Å². The second-order valence-electron chi connectivity index (χ2n) is 2.87. The van der Waals surface area contributed by atoms with Gasteiger partial charge in [0.2, 0.25) is 0 Å². The lowest BCUT2D eigenvalue weighted by molar-refractivity contribution is 0.151. The van der Waals surface area contributed by atoms with Crippen molar-refractivity contribution in [1.29, 1.82) is 0 Å². The first-order valence-corrected chi connectivity index (χ1v) is 3.68. The minimum atomic E-state index is -0.185. The van der Waals surface area contributed by atoms with Crippen molar-refractivity contribution < 1.29 is 5.11 Å². The quantitative estimate of drug-likeness (QED) is 0.485. The highest BCUT2D eigenvalue weighted by Gasteiger charge is 2.14. The Morgan fingerprint density at radius 1 is 1.22 bits per heavy atom. The van der Waals surface area contributed by atoms with E-state index < -0.39 is 0 Å². The summed E-state index contributed by atoms with van der Waals surface area (Å²) in [5, 5.41) is 9.14. The highest BCUT2D eigenvalue weighted by molar-refractivity contribution is 4.71. The minimum absolute atomic E-state index is 0.00231. The lowest BCUT2D eigenvalue weighted by Crippen LogP contribution is -2.15. The van der Waals surface area contributed by atoms with E-state index in [9.17, 15) is 0 Å². The van der Waals surface area contributed by atoms with Crippen molar-refractivity contribution >= 4 is 0 Å². The molecule has 2 atom stereocenters. The minimum Gasteiger partial charge on any atom is -0.393 e. The van der Waals surface area contributed by atoms with Crippen LogP contribution in [0, 0.1) is 0 Å². The molecule has 0 amide bonds. The molecule has 1 aliphatic carbocycles. The molecule has 2 nitrogen and oxygen atoms in total. The summed E-state index contributed by atoms with van der Waals surface area (Å²) in [5.74, 6) is 0. The van der Waals surface area contributed by atoms with Crippen LogP contribution in [0.1, 0.15) is 32.1 Å². The molecule has 0 aromatic heterocycles. The van der Waals surface area contributed by atoms with E-state index >= 15 is 0 Å². The molecule has 2 heteroatoms. The van der Waals surface area contributed by atoms with E-state index in [1.807, 2.05) is 0 Å². The molecule has 1 saturated carbocycles. The summed E-state index contributed by atoms with van der Waals surface area (Å²) in [5.41, 5.74) is 7.38. The smallest absolute Gasteiger partial charge is 0.0555 e. The van der Waals surface area contributed by atoms with E-state index in [-0.39, 0.29) is 12.1 Å². The maximum Gasteiger partial charge on any atom is 0.0555 e. The standard InChI is InChI=1S/C7H14NO/c8-6-3-1-2-4-7(9)5-6/h6-9H,1-5H2. The van der Waals surface area contributed by atoms with Gasteiger partial charge >= 0.3 is 0 Å². The van der Waals surface area contributed by atoms with E-state index in [0.29, 0.717) is 6.42 Å². The van der Waals surface area contributed by atoms with Crippen LogP contribution in [0.4, 0.5) is 0 Å². The molecule has 0 aromatic rings. The summed E-state index contributed by atoms with van der Waals surface area (Å²) in [6, 6.07) is 0.00231. The number of nitrogens with one attached hydrogen (secondary N) is 1. The second-order valence-corrected chi connectivity index (χ2v) is 2.87. The summed E-state index contributed by atoms with van der Waals surface area (Å²) in [6.07, 6.45) is 4.64. The van der Waals surface area contributed by atoms with Crippen molar-refractivity contribution in [3.8, 4) is 0 Å². The van der Waals surface area contributed by atoms with Crippen LogP contribution >= 0.6 is 0 Å². The van der Waals surface area contributed by atoms with Crippen LogP contribution in [-0.2, 0) is 0 Å². The molecule has 1 rings (SSSR count). The Hall–Kier alpha value is -0.0800. The van der Waals surface area contributed by atoms with E-state index in [2.05, 4.69) is 0 Å². The van der Waals surface area contributed by atoms with Crippen LogP contribution in [0.3, 0.4) is 0 Å². The van der Waals surface area contributed by atoms with Crippen molar-refractivity contribution in [2.24, 2.45) is 0 Å². The van der Waals surface area contributed by atoms with Gasteiger partial charge in [0.1, 0.15) is 0 Å². The first-order valence-electron chi connectivity index (χ1n) is 3.68. The van der Waals surface area contributed by atoms with Crippen LogP contribution in [-0.4, -0.2) is 17.3 Å². The summed E-state index contributed by atoms with van der Waals surface area (Å²) < 4.78 is 0. The molecular formula is C7H14NO. The SMILES string of the molecule is [NH]C1CCCCC(O)C1. The molecule has 2 N–H and O–H groups in total. The molecule has 0 bridgehead atoms. The van der Waals surface area contributed by atoms with Crippen molar-refractivity contribution in [2.75, 3.05) is 0 Å². The Morgan fingerprint density at radius 2 is 1.89 bits per heavy atom. The van der Waals surface area contributed by atoms with Gasteiger partial charge in [-0.3, -0.25) is 5.73 Å². The molecular weight excluding hydrogens is 114 g/mol. The zero-order valence-electron chi connectivity index (χ0n) is 5.64. The average molecular weight is 128 g/mol. The zero-order valence-corrected chi connectivity index (χ0v) is 5.64. The lowest BCUT2D eigenvalue weighted by atomic mass is 10.1. The van der Waals surface area contributed by atoms with Gasteiger partial charge in [0.05, 0.1) is 6.10 Å². The van der Waals surface area contributed by atoms with E-state index in [4.69, 9.17) is 10.8 Å². The summed E-state index contributed by atoms with van der Waals surface area (Å²) >= 11 is 0. The van der Waals surface area contributed by atoms with Crippen LogP contribution in [0.15, 0.2) is 0 Å². The Bertz CT molecular complexity index is 75.0. The molecule has 53 valence electrons. The molecule has 1 aliphatic rings. The second kappa shape index (κ2) is 3.18. The monoisotopic (exact) mass is 128 g/mol. The highest BCUT2D eigenvalue weighted by Crippen LogP contribution is 2.16. The topological polar surface area (TPSA) is 44.0 Å². The van der Waals surface area contributed by atoms with Gasteiger partial charge in [0, 0.05) is 6.04 Å². The molecule has 0 aromatic carbocycles. The van der Waals surface area contributed by atoms with Crippen molar-refractivity contribution in [2.45, 2.75) is 44.2 Å². The molecule has 0 saturated heterocycles. The molecule has 1 fully saturated rings. The van der Waals surface area contributed by atoms with Gasteiger partial charge in [-0.25, -0.2) is 0 Å². The van der Waals surface area contributed by atoms with Gasteiger partial charge in [-0.1, -0.05) is 12.8 Å². The first-order chi connectivity index (χ1) is 4.29. The van der Waals surface area contributed by atoms with Crippen molar-refractivity contribution in [3.63, 3.8) is 0 Å². The molecule has 9 heavy (non-hydrogen) atoms. The lowest BCUT2D eigenvalue weighted by Gasteiger charge is -2.08. The zero-order chi connectivity index (χ0) is 6.69. The molecule has 0 aliphatic heterocycles. The van der Waals surface area contributed by atoms with Crippen LogP contribution < -0.4 is 5.73 Å². The van der Waals surface area contributed by atoms with Gasteiger partial charge in [0.25, 0.3) is 0 Å². The fourth-order valence-electron chi connectivity index (χ4n) is 1.33. The average Bonchev–Trinajstić information content (AvgIpc) is 1.93. The fourth-order valence-corrected chi connectivity index (χ4v) is 1.33. The Kier molecular flexibility index (Phi) is 2.49. The van der Waals surface area contributed by atoms with Gasteiger partial charge in [-0.05, 0) is 19.3 Å². The maximum atomic E-state index is 9.14. The van der Waals surface area contributed by atoms with Crippen molar-refractivity contribution in [1.82, 2.24) is 5.73 Å². The van der Waals surface area contributed by atoms with Gasteiger partial charge < -0.3 is 5.11 Å². The van der Waals surface area contributed by atoms with Crippen LogP contribution in [0.25, 0.3) is 0 Å². The summed E-state index contributed by atoms with van der Waals surface area (Å²) in [7, 11) is 0. The molecule has 0 spiro atoms. The largest absolute Gasteiger partial charge is 0.393 e. The predicted octanol–water partition coefficient (Wildman–Crippen LogP) is 0.963. The normalized spacial score (nSPS) is 38.0. The molecule has 1 radical (unpaired) electrons. The van der Waals surface area contributed by atoms with Gasteiger partial charge in [0.15, 0.2) is 0 Å². The Morgan fingerprint density at radius 3 is 2.67 bits per heavy atom. The third-order valence-corrected chi connectivity index (χ3v) is 1.90. The third-order valence-electron chi connectivity index (χ3n) is 1.90. The Labute approximate surface area is 56.1 Å². The number of rotatable bonds is 0. The van der Waals surface area contributed by atoms with E-state index in [1.165, 1.54) is 0 Å². The number of hydrogen-bond donors (Lipinski definition) is 1. The predicted molar refractivity (Wildman–Crippen MR) is 36.0 cm³/mol. The molecule has 2 unspecified atom stereocenters. The summed E-state index contributed by atoms with van der Waals surface area (Å²) in [4.78, 5) is 0. The highest BCUT2D eigenvalue weighted by atomic mass is 16.3. The van der Waals surface area contributed by atoms with Crippen LogP contribution in [0.2, 0.25) is 0 Å². The van der Waals surface area contributed by atoms with Gasteiger partial charge in [-0.15, -0.1) is 0 Å². The number of hydrogen-bond acceptors (Lipinski definition) is 1. The maximum absolute atomic E-state index is 9.14. The van der Waals surface area contributed by atoms with Crippen molar-refractivity contribution in [3.05, 3.63) is 0 Å².